The fourth-order valence-electron chi connectivity index (χ4n) is 2.99. The number of nitrogens with zero attached hydrogens (tertiary/aromatic N) is 2. The molecule has 3 aromatic rings. The molecule has 0 atom stereocenters. The summed E-state index contributed by atoms with van der Waals surface area (Å²) in [6, 6.07) is 8.73. The Labute approximate surface area is 111 Å². The number of H-pyrrole nitrogens is 1. The van der Waals surface area contributed by atoms with E-state index in [-0.39, 0.29) is 0 Å². The number of imidazole rings is 1. The van der Waals surface area contributed by atoms with E-state index in [2.05, 4.69) is 21.4 Å². The Kier molecular flexibility index (Phi) is 2.40. The van der Waals surface area contributed by atoms with Crippen LogP contribution in [-0.4, -0.2) is 21.0 Å². The zero-order valence-corrected chi connectivity index (χ0v) is 10.7. The van der Waals surface area contributed by atoms with Crippen LogP contribution in [0.4, 0.5) is 5.82 Å². The number of fused-ring (bicyclic) bond motifs is 3. The van der Waals surface area contributed by atoms with Crippen LogP contribution in [0.1, 0.15) is 25.7 Å². The van der Waals surface area contributed by atoms with E-state index in [1.165, 1.54) is 25.7 Å². The molecule has 1 fully saturated rings. The molecule has 4 nitrogen and oxygen atoms in total. The average Bonchev–Trinajstić information content (AvgIpc) is 3.09. The molecular weight excluding hydrogens is 236 g/mol. The van der Waals surface area contributed by atoms with Crippen LogP contribution < -0.4 is 5.32 Å². The van der Waals surface area contributed by atoms with Crippen molar-refractivity contribution >= 4 is 27.8 Å². The predicted octanol–water partition coefficient (Wildman–Crippen LogP) is 3.47. The first-order valence-corrected chi connectivity index (χ1v) is 6.90. The monoisotopic (exact) mass is 252 g/mol. The Morgan fingerprint density at radius 3 is 2.89 bits per heavy atom. The number of pyridine rings is 1. The SMILES string of the molecule is c1ccc2c(c1)nc(NC1CCCC1)c1[nH]cnc12. The van der Waals surface area contributed by atoms with Gasteiger partial charge in [-0.2, -0.15) is 0 Å². The summed E-state index contributed by atoms with van der Waals surface area (Å²) in [7, 11) is 0. The second-order valence-corrected chi connectivity index (χ2v) is 5.23. The summed E-state index contributed by atoms with van der Waals surface area (Å²) in [5, 5.41) is 4.69. The molecule has 0 saturated heterocycles. The lowest BCUT2D eigenvalue weighted by Gasteiger charge is -2.14. The maximum Gasteiger partial charge on any atom is 0.152 e. The molecule has 0 unspecified atom stereocenters. The van der Waals surface area contributed by atoms with Gasteiger partial charge in [0.05, 0.1) is 11.8 Å². The Bertz CT molecular complexity index is 725. The molecule has 96 valence electrons. The van der Waals surface area contributed by atoms with Gasteiger partial charge in [-0.15, -0.1) is 0 Å². The first-order chi connectivity index (χ1) is 9.42. The van der Waals surface area contributed by atoms with Crippen molar-refractivity contribution in [2.45, 2.75) is 31.7 Å². The number of anilines is 1. The summed E-state index contributed by atoms with van der Waals surface area (Å²) in [5.74, 6) is 0.943. The molecule has 1 saturated carbocycles. The predicted molar refractivity (Wildman–Crippen MR) is 77.3 cm³/mol. The third-order valence-electron chi connectivity index (χ3n) is 3.96. The van der Waals surface area contributed by atoms with Crippen LogP contribution in [0.15, 0.2) is 30.6 Å². The number of hydrogen-bond acceptors (Lipinski definition) is 3. The molecule has 2 heterocycles. The van der Waals surface area contributed by atoms with Crippen LogP contribution in [0, 0.1) is 0 Å². The second-order valence-electron chi connectivity index (χ2n) is 5.23. The molecule has 2 N–H and O–H groups in total. The van der Waals surface area contributed by atoms with Gasteiger partial charge in [0.1, 0.15) is 11.0 Å². The smallest absolute Gasteiger partial charge is 0.152 e. The molecule has 0 amide bonds. The van der Waals surface area contributed by atoms with Gasteiger partial charge < -0.3 is 10.3 Å². The van der Waals surface area contributed by atoms with Crippen molar-refractivity contribution in [1.29, 1.82) is 0 Å². The molecule has 0 spiro atoms. The fourth-order valence-corrected chi connectivity index (χ4v) is 2.99. The van der Waals surface area contributed by atoms with Crippen molar-refractivity contribution in [3.63, 3.8) is 0 Å². The Hall–Kier alpha value is -2.10. The maximum absolute atomic E-state index is 4.76. The number of benzene rings is 1. The number of para-hydroxylation sites is 1. The van der Waals surface area contributed by atoms with Crippen molar-refractivity contribution in [2.24, 2.45) is 0 Å². The maximum atomic E-state index is 4.76. The number of hydrogen-bond donors (Lipinski definition) is 2. The van der Waals surface area contributed by atoms with Crippen molar-refractivity contribution < 1.29 is 0 Å². The van der Waals surface area contributed by atoms with Crippen molar-refractivity contribution in [1.82, 2.24) is 15.0 Å². The highest BCUT2D eigenvalue weighted by Gasteiger charge is 2.17. The van der Waals surface area contributed by atoms with E-state index >= 15 is 0 Å². The zero-order valence-electron chi connectivity index (χ0n) is 10.7. The van der Waals surface area contributed by atoms with Gasteiger partial charge in [-0.25, -0.2) is 9.97 Å². The van der Waals surface area contributed by atoms with Crippen LogP contribution in [0.25, 0.3) is 21.9 Å². The van der Waals surface area contributed by atoms with Crippen LogP contribution in [0.3, 0.4) is 0 Å². The van der Waals surface area contributed by atoms with Crippen molar-refractivity contribution in [3.8, 4) is 0 Å². The van der Waals surface area contributed by atoms with Gasteiger partial charge in [0.25, 0.3) is 0 Å². The quantitative estimate of drug-likeness (QED) is 0.734. The van der Waals surface area contributed by atoms with E-state index in [0.717, 1.165) is 27.8 Å². The van der Waals surface area contributed by atoms with E-state index in [0.29, 0.717) is 6.04 Å². The lowest BCUT2D eigenvalue weighted by molar-refractivity contribution is 0.752. The number of aromatic amines is 1. The fraction of sp³-hybridized carbons (Fsp3) is 0.333. The molecule has 1 aliphatic rings. The molecule has 2 aromatic heterocycles. The Balaban J connectivity index is 1.89. The zero-order chi connectivity index (χ0) is 12.7. The minimum atomic E-state index is 0.556. The topological polar surface area (TPSA) is 53.6 Å². The highest BCUT2D eigenvalue weighted by molar-refractivity contribution is 6.06. The molecule has 19 heavy (non-hydrogen) atoms. The third kappa shape index (κ3) is 1.75. The normalized spacial score (nSPS) is 16.4. The summed E-state index contributed by atoms with van der Waals surface area (Å²) in [5.41, 5.74) is 3.03. The number of nitrogens with one attached hydrogen (secondary N) is 2. The summed E-state index contributed by atoms with van der Waals surface area (Å²) in [6.07, 6.45) is 6.86. The largest absolute Gasteiger partial charge is 0.366 e. The third-order valence-corrected chi connectivity index (χ3v) is 3.96. The van der Waals surface area contributed by atoms with Gasteiger partial charge in [-0.1, -0.05) is 31.0 Å². The molecule has 0 bridgehead atoms. The van der Waals surface area contributed by atoms with Gasteiger partial charge in [0.2, 0.25) is 0 Å². The standard InChI is InChI=1S/C15H16N4/c1-2-6-10(5-1)18-15-14-13(16-9-17-14)11-7-3-4-8-12(11)19-15/h3-4,7-10H,1-2,5-6H2,(H,16,17)(H,18,19). The summed E-state index contributed by atoms with van der Waals surface area (Å²) in [6.45, 7) is 0. The van der Waals surface area contributed by atoms with E-state index in [9.17, 15) is 0 Å². The molecule has 0 radical (unpaired) electrons. The molecule has 1 aromatic carbocycles. The highest BCUT2D eigenvalue weighted by atomic mass is 15.1. The number of rotatable bonds is 2. The first-order valence-electron chi connectivity index (χ1n) is 6.90. The lowest BCUT2D eigenvalue weighted by atomic mass is 10.2. The van der Waals surface area contributed by atoms with E-state index in [4.69, 9.17) is 4.98 Å². The Morgan fingerprint density at radius 2 is 2.00 bits per heavy atom. The number of aromatic nitrogens is 3. The molecular formula is C15H16N4. The van der Waals surface area contributed by atoms with Gasteiger partial charge in [0, 0.05) is 11.4 Å². The summed E-state index contributed by atoms with van der Waals surface area (Å²) >= 11 is 0. The minimum Gasteiger partial charge on any atom is -0.366 e. The van der Waals surface area contributed by atoms with Gasteiger partial charge >= 0.3 is 0 Å². The average molecular weight is 252 g/mol. The molecule has 0 aliphatic heterocycles. The van der Waals surface area contributed by atoms with Crippen LogP contribution in [-0.2, 0) is 0 Å². The molecule has 1 aliphatic carbocycles. The van der Waals surface area contributed by atoms with Gasteiger partial charge in [-0.05, 0) is 18.9 Å². The first kappa shape index (κ1) is 10.8. The lowest BCUT2D eigenvalue weighted by Crippen LogP contribution is -2.15. The van der Waals surface area contributed by atoms with E-state index in [1.54, 1.807) is 6.33 Å². The van der Waals surface area contributed by atoms with Crippen LogP contribution in [0.2, 0.25) is 0 Å². The van der Waals surface area contributed by atoms with Crippen LogP contribution in [0.5, 0.6) is 0 Å². The van der Waals surface area contributed by atoms with E-state index in [1.807, 2.05) is 18.2 Å². The van der Waals surface area contributed by atoms with Gasteiger partial charge in [-0.3, -0.25) is 0 Å². The van der Waals surface area contributed by atoms with Crippen molar-refractivity contribution in [2.75, 3.05) is 5.32 Å². The second kappa shape index (κ2) is 4.23. The summed E-state index contributed by atoms with van der Waals surface area (Å²) in [4.78, 5) is 12.4. The molecule has 4 heteroatoms. The van der Waals surface area contributed by atoms with E-state index < -0.39 is 0 Å². The minimum absolute atomic E-state index is 0.556. The molecule has 4 rings (SSSR count). The highest BCUT2D eigenvalue weighted by Crippen LogP contribution is 2.29. The van der Waals surface area contributed by atoms with Crippen molar-refractivity contribution in [3.05, 3.63) is 30.6 Å². The summed E-state index contributed by atoms with van der Waals surface area (Å²) < 4.78 is 0. The van der Waals surface area contributed by atoms with Gasteiger partial charge in [0.15, 0.2) is 5.82 Å². The van der Waals surface area contributed by atoms with Crippen LogP contribution >= 0.6 is 0 Å². The Morgan fingerprint density at radius 1 is 1.16 bits per heavy atom.